The molecule has 0 radical (unpaired) electrons. The lowest BCUT2D eigenvalue weighted by Crippen LogP contribution is -2.41. The van der Waals surface area contributed by atoms with E-state index < -0.39 is 0 Å². The summed E-state index contributed by atoms with van der Waals surface area (Å²) in [6.45, 7) is 4.44. The van der Waals surface area contributed by atoms with Gasteiger partial charge >= 0.3 is 6.09 Å². The number of ketones is 1. The zero-order valence-electron chi connectivity index (χ0n) is 8.08. The summed E-state index contributed by atoms with van der Waals surface area (Å²) in [5.74, 6) is 0.118. The maximum Gasteiger partial charge on any atom is 0.410 e. The average molecular weight is 185 g/mol. The molecule has 0 N–H and O–H groups in total. The van der Waals surface area contributed by atoms with Gasteiger partial charge in [0.2, 0.25) is 0 Å². The molecule has 0 aromatic rings. The van der Waals surface area contributed by atoms with Crippen LogP contribution in [0.4, 0.5) is 4.79 Å². The van der Waals surface area contributed by atoms with Crippen LogP contribution in [0.5, 0.6) is 0 Å². The smallest absolute Gasteiger partial charge is 0.410 e. The highest BCUT2D eigenvalue weighted by molar-refractivity contribution is 5.85. The Balaban J connectivity index is 2.41. The van der Waals surface area contributed by atoms with Crippen LogP contribution in [0, 0.1) is 0 Å². The van der Waals surface area contributed by atoms with Crippen molar-refractivity contribution in [3.05, 3.63) is 0 Å². The second kappa shape index (κ2) is 4.25. The van der Waals surface area contributed by atoms with Crippen LogP contribution >= 0.6 is 0 Å². The lowest BCUT2D eigenvalue weighted by atomic mass is 10.1. The highest BCUT2D eigenvalue weighted by atomic mass is 16.6. The summed E-state index contributed by atoms with van der Waals surface area (Å²) in [6.07, 6.45) is 0.852. The van der Waals surface area contributed by atoms with Gasteiger partial charge in [0.25, 0.3) is 0 Å². The van der Waals surface area contributed by atoms with Gasteiger partial charge in [-0.2, -0.15) is 0 Å². The lowest BCUT2D eigenvalue weighted by molar-refractivity contribution is -0.121. The minimum absolute atomic E-state index is 0.118. The van der Waals surface area contributed by atoms with Gasteiger partial charge in [-0.25, -0.2) is 4.79 Å². The van der Waals surface area contributed by atoms with Crippen LogP contribution in [0.1, 0.15) is 26.7 Å². The van der Waals surface area contributed by atoms with Crippen molar-refractivity contribution < 1.29 is 14.3 Å². The van der Waals surface area contributed by atoms with E-state index in [-0.39, 0.29) is 24.5 Å². The molecule has 1 fully saturated rings. The van der Waals surface area contributed by atoms with Gasteiger partial charge in [-0.05, 0) is 20.3 Å². The first-order valence-electron chi connectivity index (χ1n) is 4.57. The van der Waals surface area contributed by atoms with Gasteiger partial charge in [0.15, 0.2) is 5.78 Å². The van der Waals surface area contributed by atoms with Gasteiger partial charge in [-0.15, -0.1) is 0 Å². The maximum absolute atomic E-state index is 11.3. The van der Waals surface area contributed by atoms with Crippen LogP contribution in [0.25, 0.3) is 0 Å². The minimum atomic E-state index is -0.372. The molecule has 4 heteroatoms. The van der Waals surface area contributed by atoms with Crippen molar-refractivity contribution in [2.45, 2.75) is 32.8 Å². The summed E-state index contributed by atoms with van der Waals surface area (Å²) in [5, 5.41) is 0. The molecule has 0 unspecified atom stereocenters. The largest absolute Gasteiger partial charge is 0.447 e. The van der Waals surface area contributed by atoms with Gasteiger partial charge in [0.05, 0.1) is 12.6 Å². The number of amides is 1. The molecule has 1 saturated heterocycles. The number of carbonyl (C=O) groups excluding carboxylic acids is 2. The number of likely N-dealkylation sites (tertiary alicyclic amines) is 1. The number of carbonyl (C=O) groups is 2. The number of rotatable bonds is 1. The molecule has 0 aromatic heterocycles. The third kappa shape index (κ3) is 3.05. The van der Waals surface area contributed by atoms with E-state index in [0.29, 0.717) is 13.0 Å². The van der Waals surface area contributed by atoms with Crippen LogP contribution in [0.3, 0.4) is 0 Å². The van der Waals surface area contributed by atoms with Crippen LogP contribution in [-0.4, -0.2) is 36.0 Å². The van der Waals surface area contributed by atoms with Crippen LogP contribution in [-0.2, 0) is 9.53 Å². The van der Waals surface area contributed by atoms with Crippen molar-refractivity contribution in [2.24, 2.45) is 0 Å². The first kappa shape index (κ1) is 10.0. The van der Waals surface area contributed by atoms with Crippen LogP contribution in [0.2, 0.25) is 0 Å². The third-order valence-electron chi connectivity index (χ3n) is 1.85. The van der Waals surface area contributed by atoms with Crippen LogP contribution in [0.15, 0.2) is 0 Å². The zero-order valence-corrected chi connectivity index (χ0v) is 8.08. The van der Waals surface area contributed by atoms with Gasteiger partial charge in [0.1, 0.15) is 0 Å². The monoisotopic (exact) mass is 185 g/mol. The Morgan fingerprint density at radius 2 is 2.23 bits per heavy atom. The molecule has 74 valence electrons. The number of nitrogens with zero attached hydrogens (tertiary/aromatic N) is 1. The molecule has 0 aliphatic carbocycles. The molecule has 0 atom stereocenters. The second-order valence-corrected chi connectivity index (χ2v) is 3.50. The number of piperidine rings is 1. The van der Waals surface area contributed by atoms with Gasteiger partial charge < -0.3 is 9.64 Å². The van der Waals surface area contributed by atoms with E-state index in [1.165, 1.54) is 4.90 Å². The van der Waals surface area contributed by atoms with E-state index in [1.807, 2.05) is 0 Å². The Morgan fingerprint density at radius 1 is 1.54 bits per heavy atom. The fraction of sp³-hybridized carbons (Fsp3) is 0.778. The molecule has 0 aromatic carbocycles. The van der Waals surface area contributed by atoms with Gasteiger partial charge in [0, 0.05) is 13.0 Å². The van der Waals surface area contributed by atoms with Crippen molar-refractivity contribution in [1.29, 1.82) is 0 Å². The van der Waals surface area contributed by atoms with Gasteiger partial charge in [-0.3, -0.25) is 4.79 Å². The van der Waals surface area contributed by atoms with E-state index >= 15 is 0 Å². The van der Waals surface area contributed by atoms with Crippen molar-refractivity contribution in [3.8, 4) is 0 Å². The van der Waals surface area contributed by atoms with E-state index in [0.717, 1.165) is 6.42 Å². The Labute approximate surface area is 77.8 Å². The van der Waals surface area contributed by atoms with E-state index in [4.69, 9.17) is 4.74 Å². The molecule has 1 aliphatic rings. The normalized spacial score (nSPS) is 17.8. The summed E-state index contributed by atoms with van der Waals surface area (Å²) in [6, 6.07) is 0. The molecule has 0 bridgehead atoms. The SMILES string of the molecule is CC(C)OC(=O)N1CCCC(=O)C1. The number of hydrogen-bond donors (Lipinski definition) is 0. The molecule has 0 saturated carbocycles. The van der Waals surface area contributed by atoms with E-state index in [9.17, 15) is 9.59 Å². The lowest BCUT2D eigenvalue weighted by Gasteiger charge is -2.25. The Kier molecular flexibility index (Phi) is 3.28. The molecule has 13 heavy (non-hydrogen) atoms. The summed E-state index contributed by atoms with van der Waals surface area (Å²) in [4.78, 5) is 23.8. The van der Waals surface area contributed by atoms with Crippen LogP contribution < -0.4 is 0 Å². The summed E-state index contributed by atoms with van der Waals surface area (Å²) >= 11 is 0. The Bertz CT molecular complexity index is 213. The molecule has 4 nitrogen and oxygen atoms in total. The first-order valence-corrected chi connectivity index (χ1v) is 4.57. The molecule has 1 heterocycles. The molecular weight excluding hydrogens is 170 g/mol. The predicted octanol–water partition coefficient (Wildman–Crippen LogP) is 1.20. The Hall–Kier alpha value is -1.06. The second-order valence-electron chi connectivity index (χ2n) is 3.50. The number of Topliss-reactive ketones (excluding diaryl/α,β-unsaturated/α-hetero) is 1. The Morgan fingerprint density at radius 3 is 2.77 bits per heavy atom. The van der Waals surface area contributed by atoms with E-state index in [1.54, 1.807) is 13.8 Å². The minimum Gasteiger partial charge on any atom is -0.447 e. The van der Waals surface area contributed by atoms with E-state index in [2.05, 4.69) is 0 Å². The molecule has 0 spiro atoms. The highest BCUT2D eigenvalue weighted by Crippen LogP contribution is 2.08. The van der Waals surface area contributed by atoms with Crippen molar-refractivity contribution in [1.82, 2.24) is 4.90 Å². The number of hydrogen-bond acceptors (Lipinski definition) is 3. The van der Waals surface area contributed by atoms with Crippen molar-refractivity contribution in [2.75, 3.05) is 13.1 Å². The fourth-order valence-corrected chi connectivity index (χ4v) is 1.27. The highest BCUT2D eigenvalue weighted by Gasteiger charge is 2.22. The summed E-state index contributed by atoms with van der Waals surface area (Å²) in [5.41, 5.74) is 0. The summed E-state index contributed by atoms with van der Waals surface area (Å²) < 4.78 is 4.97. The topological polar surface area (TPSA) is 46.6 Å². The quantitative estimate of drug-likeness (QED) is 0.616. The maximum atomic E-state index is 11.3. The molecular formula is C9H15NO3. The zero-order chi connectivity index (χ0) is 9.84. The van der Waals surface area contributed by atoms with Gasteiger partial charge in [-0.1, -0.05) is 0 Å². The standard InChI is InChI=1S/C9H15NO3/c1-7(2)13-9(12)10-5-3-4-8(11)6-10/h7H,3-6H2,1-2H3. The molecule has 1 amide bonds. The molecule has 1 rings (SSSR count). The van der Waals surface area contributed by atoms with Crippen molar-refractivity contribution >= 4 is 11.9 Å². The predicted molar refractivity (Wildman–Crippen MR) is 47.4 cm³/mol. The fourth-order valence-electron chi connectivity index (χ4n) is 1.27. The summed E-state index contributed by atoms with van der Waals surface area (Å²) in [7, 11) is 0. The molecule has 1 aliphatic heterocycles. The average Bonchev–Trinajstić information content (AvgIpc) is 2.03. The third-order valence-corrected chi connectivity index (χ3v) is 1.85. The number of ether oxygens (including phenoxy) is 1. The first-order chi connectivity index (χ1) is 6.09. The van der Waals surface area contributed by atoms with Crippen molar-refractivity contribution in [3.63, 3.8) is 0 Å².